The topological polar surface area (TPSA) is 89.4 Å². The fraction of sp³-hybridized carbons (Fsp3) is 0.400. The van der Waals surface area contributed by atoms with E-state index in [4.69, 9.17) is 22.4 Å². The second-order valence-electron chi connectivity index (χ2n) is 3.44. The fourth-order valence-corrected chi connectivity index (χ4v) is 1.65. The lowest BCUT2D eigenvalue weighted by atomic mass is 10.0. The monoisotopic (exact) mass is 280 g/mol. The Bertz CT molecular complexity index is 388. The molecule has 0 fully saturated rings. The van der Waals surface area contributed by atoms with Gasteiger partial charge in [-0.1, -0.05) is 11.6 Å². The highest BCUT2D eigenvalue weighted by molar-refractivity contribution is 6.31. The number of aliphatic hydroxyl groups excluding tert-OH is 1. The molecule has 0 bridgehead atoms. The first-order valence-corrected chi connectivity index (χ1v) is 5.24. The average Bonchev–Trinajstić information content (AvgIpc) is 2.26. The van der Waals surface area contributed by atoms with E-state index in [2.05, 4.69) is 0 Å². The van der Waals surface area contributed by atoms with Crippen molar-refractivity contribution in [1.82, 2.24) is 0 Å². The van der Waals surface area contributed by atoms with E-state index >= 15 is 0 Å². The highest BCUT2D eigenvalue weighted by Gasteiger charge is 2.14. The van der Waals surface area contributed by atoms with E-state index in [9.17, 15) is 10.1 Å². The molecule has 0 aliphatic carbocycles. The van der Waals surface area contributed by atoms with Crippen LogP contribution in [0.25, 0.3) is 0 Å². The summed E-state index contributed by atoms with van der Waals surface area (Å²) in [4.78, 5) is 10.1. The van der Waals surface area contributed by atoms with Gasteiger partial charge in [-0.15, -0.1) is 12.4 Å². The third kappa shape index (κ3) is 4.47. The summed E-state index contributed by atoms with van der Waals surface area (Å²) < 4.78 is 0. The van der Waals surface area contributed by atoms with Crippen LogP contribution in [-0.4, -0.2) is 16.6 Å². The van der Waals surface area contributed by atoms with E-state index in [1.165, 1.54) is 18.2 Å². The molecule has 0 aliphatic heterocycles. The van der Waals surface area contributed by atoms with Crippen LogP contribution in [0.2, 0.25) is 5.02 Å². The third-order valence-electron chi connectivity index (χ3n) is 2.26. The summed E-state index contributed by atoms with van der Waals surface area (Å²) in [7, 11) is 0. The fourth-order valence-electron chi connectivity index (χ4n) is 1.40. The van der Waals surface area contributed by atoms with Crippen molar-refractivity contribution in [2.45, 2.75) is 18.9 Å². The molecule has 0 aliphatic rings. The van der Waals surface area contributed by atoms with Crippen LogP contribution in [0.4, 0.5) is 5.69 Å². The lowest BCUT2D eigenvalue weighted by Crippen LogP contribution is -2.11. The van der Waals surface area contributed by atoms with Gasteiger partial charge < -0.3 is 10.8 Å². The van der Waals surface area contributed by atoms with Crippen LogP contribution in [0.5, 0.6) is 0 Å². The second kappa shape index (κ2) is 7.45. The van der Waals surface area contributed by atoms with Gasteiger partial charge >= 0.3 is 0 Å². The maximum absolute atomic E-state index is 10.6. The van der Waals surface area contributed by atoms with Crippen molar-refractivity contribution in [2.24, 2.45) is 5.73 Å². The van der Waals surface area contributed by atoms with Gasteiger partial charge in [0.25, 0.3) is 5.69 Å². The number of non-ortho nitro benzene ring substituents is 1. The molecule has 1 aromatic carbocycles. The van der Waals surface area contributed by atoms with E-state index in [-0.39, 0.29) is 30.7 Å². The van der Waals surface area contributed by atoms with Gasteiger partial charge in [0.05, 0.1) is 4.92 Å². The minimum Gasteiger partial charge on any atom is -0.396 e. The van der Waals surface area contributed by atoms with Gasteiger partial charge in [0, 0.05) is 29.8 Å². The number of nitrogens with zero attached hydrogens (tertiary/aromatic N) is 1. The number of nitrogens with two attached hydrogens (primary N) is 1. The van der Waals surface area contributed by atoms with Crippen molar-refractivity contribution in [2.75, 3.05) is 6.61 Å². The standard InChI is InChI=1S/C10H13ClN2O3.ClH/c11-9-4-3-7(13(15)16)6-8(9)10(12)2-1-5-14;/h3-4,6,10,14H,1-2,5,12H2;1H/t10-;/m1./s1. The average molecular weight is 281 g/mol. The highest BCUT2D eigenvalue weighted by Crippen LogP contribution is 2.28. The number of nitro benzene ring substituents is 1. The lowest BCUT2D eigenvalue weighted by Gasteiger charge is -2.12. The minimum atomic E-state index is -0.488. The molecule has 96 valence electrons. The zero-order valence-electron chi connectivity index (χ0n) is 9.01. The molecule has 0 unspecified atom stereocenters. The first-order chi connectivity index (χ1) is 7.56. The molecule has 0 amide bonds. The third-order valence-corrected chi connectivity index (χ3v) is 2.61. The molecule has 1 rings (SSSR count). The summed E-state index contributed by atoms with van der Waals surface area (Å²) in [5, 5.41) is 19.7. The van der Waals surface area contributed by atoms with Crippen LogP contribution < -0.4 is 5.73 Å². The molecule has 7 heteroatoms. The first kappa shape index (κ1) is 16.1. The number of hydrogen-bond acceptors (Lipinski definition) is 4. The van der Waals surface area contributed by atoms with Gasteiger partial charge in [-0.2, -0.15) is 0 Å². The van der Waals surface area contributed by atoms with Gasteiger partial charge in [-0.25, -0.2) is 0 Å². The molecule has 17 heavy (non-hydrogen) atoms. The van der Waals surface area contributed by atoms with Crippen LogP contribution in [-0.2, 0) is 0 Å². The van der Waals surface area contributed by atoms with Crippen LogP contribution >= 0.6 is 24.0 Å². The summed E-state index contributed by atoms with van der Waals surface area (Å²) in [6, 6.07) is 3.79. The second-order valence-corrected chi connectivity index (χ2v) is 3.84. The maximum atomic E-state index is 10.6. The molecule has 0 radical (unpaired) electrons. The zero-order valence-corrected chi connectivity index (χ0v) is 10.6. The van der Waals surface area contributed by atoms with Gasteiger partial charge in [-0.05, 0) is 24.5 Å². The van der Waals surface area contributed by atoms with E-state index in [1.807, 2.05) is 0 Å². The van der Waals surface area contributed by atoms with Gasteiger partial charge in [0.2, 0.25) is 0 Å². The van der Waals surface area contributed by atoms with Crippen molar-refractivity contribution in [3.8, 4) is 0 Å². The first-order valence-electron chi connectivity index (χ1n) is 4.86. The predicted molar refractivity (Wildman–Crippen MR) is 68.6 cm³/mol. The summed E-state index contributed by atoms with van der Waals surface area (Å²) in [5.74, 6) is 0. The largest absolute Gasteiger partial charge is 0.396 e. The predicted octanol–water partition coefficient (Wildman–Crippen LogP) is 2.44. The quantitative estimate of drug-likeness (QED) is 0.640. The Morgan fingerprint density at radius 2 is 2.18 bits per heavy atom. The van der Waals surface area contributed by atoms with Crippen LogP contribution in [0.3, 0.4) is 0 Å². The number of benzene rings is 1. The number of hydrogen-bond donors (Lipinski definition) is 2. The van der Waals surface area contributed by atoms with E-state index in [0.717, 1.165) is 0 Å². The molecular weight excluding hydrogens is 267 g/mol. The molecule has 0 heterocycles. The SMILES string of the molecule is Cl.N[C@H](CCCO)c1cc([N+](=O)[O-])ccc1Cl. The Labute approximate surface area is 110 Å². The number of rotatable bonds is 5. The highest BCUT2D eigenvalue weighted by atomic mass is 35.5. The van der Waals surface area contributed by atoms with E-state index < -0.39 is 4.92 Å². The summed E-state index contributed by atoms with van der Waals surface area (Å²) in [5.41, 5.74) is 6.35. The molecule has 0 aromatic heterocycles. The van der Waals surface area contributed by atoms with Gasteiger partial charge in [0.1, 0.15) is 0 Å². The van der Waals surface area contributed by atoms with Gasteiger partial charge in [0.15, 0.2) is 0 Å². The van der Waals surface area contributed by atoms with Crippen molar-refractivity contribution < 1.29 is 10.0 Å². The molecule has 1 atom stereocenters. The van der Waals surface area contributed by atoms with E-state index in [0.29, 0.717) is 23.4 Å². The van der Waals surface area contributed by atoms with Crippen molar-refractivity contribution in [3.63, 3.8) is 0 Å². The lowest BCUT2D eigenvalue weighted by molar-refractivity contribution is -0.384. The number of nitro groups is 1. The Morgan fingerprint density at radius 1 is 1.53 bits per heavy atom. The molecule has 5 nitrogen and oxygen atoms in total. The summed E-state index contributed by atoms with van der Waals surface area (Å²) in [6.07, 6.45) is 1.08. The summed E-state index contributed by atoms with van der Waals surface area (Å²) >= 11 is 5.91. The van der Waals surface area contributed by atoms with E-state index in [1.54, 1.807) is 0 Å². The Balaban J connectivity index is 0.00000256. The molecule has 1 aromatic rings. The van der Waals surface area contributed by atoms with Crippen molar-refractivity contribution >= 4 is 29.7 Å². The zero-order chi connectivity index (χ0) is 12.1. The molecule has 0 saturated carbocycles. The molecular formula is C10H14Cl2N2O3. The normalized spacial score (nSPS) is 11.7. The van der Waals surface area contributed by atoms with Crippen molar-refractivity contribution in [3.05, 3.63) is 38.9 Å². The molecule has 0 saturated heterocycles. The van der Waals surface area contributed by atoms with Gasteiger partial charge in [-0.3, -0.25) is 10.1 Å². The van der Waals surface area contributed by atoms with Crippen LogP contribution in [0.15, 0.2) is 18.2 Å². The Hall–Kier alpha value is -0.880. The minimum absolute atomic E-state index is 0. The molecule has 0 spiro atoms. The van der Waals surface area contributed by atoms with Crippen LogP contribution in [0.1, 0.15) is 24.4 Å². The number of aliphatic hydroxyl groups is 1. The Kier molecular flexibility index (Phi) is 7.06. The summed E-state index contributed by atoms with van der Waals surface area (Å²) in [6.45, 7) is 0.0419. The Morgan fingerprint density at radius 3 is 2.71 bits per heavy atom. The van der Waals surface area contributed by atoms with Crippen LogP contribution in [0, 0.1) is 10.1 Å². The maximum Gasteiger partial charge on any atom is 0.269 e. The smallest absolute Gasteiger partial charge is 0.269 e. The molecule has 3 N–H and O–H groups in total. The van der Waals surface area contributed by atoms with Crippen molar-refractivity contribution in [1.29, 1.82) is 0 Å². The number of halogens is 2.